The molecule has 3 aromatic rings. The molecule has 0 saturated heterocycles. The number of nitrogens with zero attached hydrogens (tertiary/aromatic N) is 5. The first kappa shape index (κ1) is 13.1. The van der Waals surface area contributed by atoms with E-state index in [9.17, 15) is 0 Å². The minimum Gasteiger partial charge on any atom is -0.306 e. The van der Waals surface area contributed by atoms with Gasteiger partial charge in [0.2, 0.25) is 0 Å². The van der Waals surface area contributed by atoms with Gasteiger partial charge in [0.05, 0.1) is 23.8 Å². The standard InChI is InChI=1S/C14H16ClN5/c1-3-12(15)13-9-20(18-17-13)8-11-7-19-6-10(2)4-5-14(19)16-11/h4-7,9,12H,3,8H2,1-2H3. The Kier molecular flexibility index (Phi) is 3.44. The lowest BCUT2D eigenvalue weighted by Gasteiger charge is -1.98. The van der Waals surface area contributed by atoms with Gasteiger partial charge in [-0.2, -0.15) is 0 Å². The Bertz CT molecular complexity index is 730. The van der Waals surface area contributed by atoms with E-state index in [1.165, 1.54) is 5.56 Å². The van der Waals surface area contributed by atoms with Crippen LogP contribution in [0.4, 0.5) is 0 Å². The summed E-state index contributed by atoms with van der Waals surface area (Å²) in [4.78, 5) is 4.56. The molecule has 0 N–H and O–H groups in total. The number of aryl methyl sites for hydroxylation is 1. The van der Waals surface area contributed by atoms with Crippen molar-refractivity contribution in [3.05, 3.63) is 47.7 Å². The maximum atomic E-state index is 6.15. The van der Waals surface area contributed by atoms with Crippen LogP contribution in [0.25, 0.3) is 5.65 Å². The zero-order chi connectivity index (χ0) is 14.1. The molecule has 0 saturated carbocycles. The van der Waals surface area contributed by atoms with Crippen molar-refractivity contribution in [3.63, 3.8) is 0 Å². The van der Waals surface area contributed by atoms with Crippen LogP contribution in [0.5, 0.6) is 0 Å². The zero-order valence-electron chi connectivity index (χ0n) is 11.5. The number of alkyl halides is 1. The van der Waals surface area contributed by atoms with E-state index in [1.54, 1.807) is 4.68 Å². The Morgan fingerprint density at radius 3 is 2.90 bits per heavy atom. The van der Waals surface area contributed by atoms with Crippen LogP contribution < -0.4 is 0 Å². The topological polar surface area (TPSA) is 48.0 Å². The molecular formula is C14H16ClN5. The Labute approximate surface area is 122 Å². The first-order valence-electron chi connectivity index (χ1n) is 6.64. The van der Waals surface area contributed by atoms with E-state index in [0.29, 0.717) is 6.54 Å². The minimum absolute atomic E-state index is 0.0764. The second-order valence-corrected chi connectivity index (χ2v) is 5.45. The maximum absolute atomic E-state index is 6.15. The summed E-state index contributed by atoms with van der Waals surface area (Å²) in [6, 6.07) is 4.07. The van der Waals surface area contributed by atoms with E-state index < -0.39 is 0 Å². The Morgan fingerprint density at radius 1 is 1.25 bits per heavy atom. The third kappa shape index (κ3) is 2.54. The van der Waals surface area contributed by atoms with Crippen LogP contribution in [0, 0.1) is 6.92 Å². The van der Waals surface area contributed by atoms with Crippen molar-refractivity contribution in [3.8, 4) is 0 Å². The molecule has 0 aliphatic carbocycles. The predicted molar refractivity (Wildman–Crippen MR) is 77.9 cm³/mol. The van der Waals surface area contributed by atoms with Gasteiger partial charge in [0.15, 0.2) is 0 Å². The third-order valence-corrected chi connectivity index (χ3v) is 3.74. The molecule has 3 aromatic heterocycles. The molecule has 0 amide bonds. The maximum Gasteiger partial charge on any atom is 0.137 e. The molecule has 0 spiro atoms. The number of imidazole rings is 1. The first-order chi connectivity index (χ1) is 9.65. The first-order valence-corrected chi connectivity index (χ1v) is 7.07. The van der Waals surface area contributed by atoms with Gasteiger partial charge >= 0.3 is 0 Å². The Morgan fingerprint density at radius 2 is 2.10 bits per heavy atom. The van der Waals surface area contributed by atoms with Crippen molar-refractivity contribution in [2.45, 2.75) is 32.2 Å². The highest BCUT2D eigenvalue weighted by molar-refractivity contribution is 6.20. The predicted octanol–water partition coefficient (Wildman–Crippen LogP) is 2.97. The molecule has 5 nitrogen and oxygen atoms in total. The van der Waals surface area contributed by atoms with Crippen molar-refractivity contribution in [2.75, 3.05) is 0 Å². The van der Waals surface area contributed by atoms with Gasteiger partial charge in [-0.3, -0.25) is 0 Å². The van der Waals surface area contributed by atoms with Gasteiger partial charge in [-0.15, -0.1) is 16.7 Å². The fraction of sp³-hybridized carbons (Fsp3) is 0.357. The number of halogens is 1. The van der Waals surface area contributed by atoms with Gasteiger partial charge < -0.3 is 4.40 Å². The molecule has 0 aromatic carbocycles. The molecule has 3 heterocycles. The van der Waals surface area contributed by atoms with Crippen LogP contribution in [0.15, 0.2) is 30.7 Å². The van der Waals surface area contributed by atoms with Crippen LogP contribution in [0.3, 0.4) is 0 Å². The van der Waals surface area contributed by atoms with Gasteiger partial charge in [0.1, 0.15) is 11.3 Å². The molecule has 0 fully saturated rings. The zero-order valence-corrected chi connectivity index (χ0v) is 12.2. The molecule has 104 valence electrons. The van der Waals surface area contributed by atoms with Gasteiger partial charge in [-0.1, -0.05) is 18.2 Å². The average molecular weight is 290 g/mol. The summed E-state index contributed by atoms with van der Waals surface area (Å²) < 4.78 is 3.80. The molecule has 3 rings (SSSR count). The molecule has 1 unspecified atom stereocenters. The highest BCUT2D eigenvalue weighted by Crippen LogP contribution is 2.20. The largest absolute Gasteiger partial charge is 0.306 e. The number of pyridine rings is 1. The van der Waals surface area contributed by atoms with E-state index in [-0.39, 0.29) is 5.38 Å². The highest BCUT2D eigenvalue weighted by atomic mass is 35.5. The summed E-state index contributed by atoms with van der Waals surface area (Å²) in [6.45, 7) is 4.69. The monoisotopic (exact) mass is 289 g/mol. The van der Waals surface area contributed by atoms with Gasteiger partial charge in [0.25, 0.3) is 0 Å². The Hall–Kier alpha value is -1.88. The quantitative estimate of drug-likeness (QED) is 0.694. The van der Waals surface area contributed by atoms with Crippen LogP contribution in [0.2, 0.25) is 0 Å². The molecule has 6 heteroatoms. The van der Waals surface area contributed by atoms with Crippen molar-refractivity contribution < 1.29 is 0 Å². The second-order valence-electron chi connectivity index (χ2n) is 4.92. The number of hydrogen-bond donors (Lipinski definition) is 0. The summed E-state index contributed by atoms with van der Waals surface area (Å²) in [7, 11) is 0. The van der Waals surface area contributed by atoms with E-state index in [1.807, 2.05) is 29.8 Å². The SMILES string of the molecule is CCC(Cl)c1cn(Cc2cn3cc(C)ccc3n2)nn1. The lowest BCUT2D eigenvalue weighted by molar-refractivity contribution is 0.640. The number of rotatable bonds is 4. The fourth-order valence-electron chi connectivity index (χ4n) is 2.14. The summed E-state index contributed by atoms with van der Waals surface area (Å²) >= 11 is 6.15. The molecule has 20 heavy (non-hydrogen) atoms. The van der Waals surface area contributed by atoms with Crippen LogP contribution >= 0.6 is 11.6 Å². The molecule has 0 aliphatic rings. The number of hydrogen-bond acceptors (Lipinski definition) is 3. The number of aromatic nitrogens is 5. The summed E-state index contributed by atoms with van der Waals surface area (Å²) in [6.07, 6.45) is 6.80. The summed E-state index contributed by atoms with van der Waals surface area (Å²) in [5.74, 6) is 0. The second kappa shape index (κ2) is 5.25. The lowest BCUT2D eigenvalue weighted by Crippen LogP contribution is -2.00. The van der Waals surface area contributed by atoms with E-state index in [2.05, 4.69) is 34.5 Å². The van der Waals surface area contributed by atoms with Crippen LogP contribution in [-0.2, 0) is 6.54 Å². The average Bonchev–Trinajstić information content (AvgIpc) is 3.04. The summed E-state index contributed by atoms with van der Waals surface area (Å²) in [5.41, 5.74) is 3.91. The number of fused-ring (bicyclic) bond motifs is 1. The van der Waals surface area contributed by atoms with Gasteiger partial charge in [-0.25, -0.2) is 9.67 Å². The van der Waals surface area contributed by atoms with Crippen LogP contribution in [-0.4, -0.2) is 24.4 Å². The highest BCUT2D eigenvalue weighted by Gasteiger charge is 2.11. The van der Waals surface area contributed by atoms with Crippen molar-refractivity contribution in [1.82, 2.24) is 24.4 Å². The van der Waals surface area contributed by atoms with Crippen LogP contribution in [0.1, 0.15) is 35.7 Å². The van der Waals surface area contributed by atoms with Gasteiger partial charge in [-0.05, 0) is 25.0 Å². The van der Waals surface area contributed by atoms with E-state index >= 15 is 0 Å². The fourth-order valence-corrected chi connectivity index (χ4v) is 2.24. The molecule has 0 radical (unpaired) electrons. The molecule has 1 atom stereocenters. The van der Waals surface area contributed by atoms with Crippen molar-refractivity contribution in [1.29, 1.82) is 0 Å². The van der Waals surface area contributed by atoms with E-state index in [4.69, 9.17) is 11.6 Å². The smallest absolute Gasteiger partial charge is 0.137 e. The van der Waals surface area contributed by atoms with Crippen molar-refractivity contribution >= 4 is 17.2 Å². The molecule has 0 bridgehead atoms. The van der Waals surface area contributed by atoms with E-state index in [0.717, 1.165) is 23.5 Å². The minimum atomic E-state index is -0.0764. The summed E-state index contributed by atoms with van der Waals surface area (Å²) in [5, 5.41) is 8.12. The molecule has 0 aliphatic heterocycles. The Balaban J connectivity index is 1.83. The van der Waals surface area contributed by atoms with Gasteiger partial charge in [0, 0.05) is 12.4 Å². The third-order valence-electron chi connectivity index (χ3n) is 3.21. The normalized spacial score (nSPS) is 12.9. The lowest BCUT2D eigenvalue weighted by atomic mass is 10.3. The van der Waals surface area contributed by atoms with Crippen molar-refractivity contribution in [2.24, 2.45) is 0 Å². The molecular weight excluding hydrogens is 274 g/mol.